The molecule has 3 heteroatoms. The molecule has 2 N–H and O–H groups in total. The normalized spacial score (nSPS) is 18.6. The van der Waals surface area contributed by atoms with Crippen molar-refractivity contribution in [1.82, 2.24) is 4.90 Å². The van der Waals surface area contributed by atoms with Gasteiger partial charge in [-0.05, 0) is 44.1 Å². The molecule has 0 aromatic heterocycles. The maximum absolute atomic E-state index is 5.86. The number of nitrogens with two attached hydrogens (primary N) is 1. The molecule has 0 bridgehead atoms. The van der Waals surface area contributed by atoms with Gasteiger partial charge in [0.15, 0.2) is 0 Å². The zero-order valence-electron chi connectivity index (χ0n) is 10.1. The number of hydrogen-bond acceptors (Lipinski definition) is 3. The van der Waals surface area contributed by atoms with E-state index in [1.807, 2.05) is 30.3 Å². The van der Waals surface area contributed by atoms with Gasteiger partial charge in [0.05, 0.1) is 6.26 Å². The van der Waals surface area contributed by atoms with E-state index in [0.29, 0.717) is 6.04 Å². The number of rotatable bonds is 4. The first-order valence-corrected chi connectivity index (χ1v) is 6.19. The maximum Gasteiger partial charge on any atom is 0.126 e. The molecule has 1 fully saturated rings. The predicted molar refractivity (Wildman–Crippen MR) is 69.9 cm³/mol. The lowest BCUT2D eigenvalue weighted by molar-refractivity contribution is 0.232. The van der Waals surface area contributed by atoms with Crippen LogP contribution in [0.15, 0.2) is 42.7 Å². The van der Waals surface area contributed by atoms with E-state index in [-0.39, 0.29) is 0 Å². The highest BCUT2D eigenvalue weighted by atomic mass is 16.5. The fraction of sp³-hybridized carbons (Fsp3) is 0.429. The highest BCUT2D eigenvalue weighted by Gasteiger charge is 2.14. The smallest absolute Gasteiger partial charge is 0.126 e. The van der Waals surface area contributed by atoms with E-state index in [4.69, 9.17) is 10.5 Å². The summed E-state index contributed by atoms with van der Waals surface area (Å²) in [6.45, 7) is 3.13. The highest BCUT2D eigenvalue weighted by Crippen LogP contribution is 2.09. The zero-order chi connectivity index (χ0) is 11.9. The van der Waals surface area contributed by atoms with Crippen LogP contribution in [0.4, 0.5) is 0 Å². The summed E-state index contributed by atoms with van der Waals surface area (Å²) < 4.78 is 5.49. The van der Waals surface area contributed by atoms with E-state index in [1.165, 1.54) is 0 Å². The van der Waals surface area contributed by atoms with Gasteiger partial charge in [-0.1, -0.05) is 18.2 Å². The van der Waals surface area contributed by atoms with Crippen LogP contribution in [0.2, 0.25) is 0 Å². The zero-order valence-corrected chi connectivity index (χ0v) is 10.1. The van der Waals surface area contributed by atoms with Crippen LogP contribution in [-0.4, -0.2) is 30.6 Å². The van der Waals surface area contributed by atoms with Crippen LogP contribution in [0.3, 0.4) is 0 Å². The number of hydrogen-bond donors (Lipinski definition) is 1. The average molecular weight is 232 g/mol. The largest absolute Gasteiger partial charge is 0.465 e. The second-order valence-corrected chi connectivity index (χ2v) is 4.44. The van der Waals surface area contributed by atoms with Crippen LogP contribution in [0.25, 0.3) is 0 Å². The molecule has 0 spiro atoms. The van der Waals surface area contributed by atoms with Crippen molar-refractivity contribution in [3.8, 4) is 5.75 Å². The van der Waals surface area contributed by atoms with E-state index >= 15 is 0 Å². The van der Waals surface area contributed by atoms with Crippen molar-refractivity contribution >= 4 is 0 Å². The van der Waals surface area contributed by atoms with E-state index in [0.717, 1.165) is 38.2 Å². The third kappa shape index (κ3) is 4.21. The van der Waals surface area contributed by atoms with Crippen molar-refractivity contribution < 1.29 is 4.74 Å². The third-order valence-electron chi connectivity index (χ3n) is 3.04. The van der Waals surface area contributed by atoms with Crippen molar-refractivity contribution in [2.45, 2.75) is 18.9 Å². The fourth-order valence-electron chi connectivity index (χ4n) is 1.95. The molecule has 0 saturated carbocycles. The second kappa shape index (κ2) is 6.42. The molecule has 0 radical (unpaired) electrons. The molecule has 92 valence electrons. The summed E-state index contributed by atoms with van der Waals surface area (Å²) in [6, 6.07) is 10.2. The lowest BCUT2D eigenvalue weighted by Gasteiger charge is -2.28. The Morgan fingerprint density at radius 3 is 2.65 bits per heavy atom. The quantitative estimate of drug-likeness (QED) is 0.807. The van der Waals surface area contributed by atoms with Gasteiger partial charge in [0, 0.05) is 12.6 Å². The average Bonchev–Trinajstić information content (AvgIpc) is 2.38. The monoisotopic (exact) mass is 232 g/mol. The van der Waals surface area contributed by atoms with Crippen LogP contribution < -0.4 is 10.5 Å². The minimum absolute atomic E-state index is 0.399. The Morgan fingerprint density at radius 2 is 1.94 bits per heavy atom. The van der Waals surface area contributed by atoms with Crippen LogP contribution in [0.1, 0.15) is 12.8 Å². The summed E-state index contributed by atoms with van der Waals surface area (Å²) in [5, 5.41) is 0. The Bertz CT molecular complexity index is 342. The molecular formula is C14H20N2O. The Kier molecular flexibility index (Phi) is 4.59. The molecule has 1 aromatic rings. The molecule has 1 saturated heterocycles. The summed E-state index contributed by atoms with van der Waals surface area (Å²) in [4.78, 5) is 2.40. The predicted octanol–water partition coefficient (Wildman–Crippen LogP) is 2.00. The van der Waals surface area contributed by atoms with Crippen LogP contribution in [-0.2, 0) is 0 Å². The van der Waals surface area contributed by atoms with Gasteiger partial charge in [0.2, 0.25) is 0 Å². The van der Waals surface area contributed by atoms with Crippen LogP contribution >= 0.6 is 0 Å². The number of piperidine rings is 1. The number of likely N-dealkylation sites (tertiary alicyclic amines) is 1. The first-order valence-electron chi connectivity index (χ1n) is 6.19. The summed E-state index contributed by atoms with van der Waals surface area (Å²) in [7, 11) is 0. The SMILES string of the molecule is NC1CCN(CC=COc2ccccc2)CC1. The molecule has 3 nitrogen and oxygen atoms in total. The van der Waals surface area contributed by atoms with Gasteiger partial charge in [-0.15, -0.1) is 0 Å². The van der Waals surface area contributed by atoms with E-state index in [2.05, 4.69) is 11.0 Å². The number of para-hydroxylation sites is 1. The summed E-state index contributed by atoms with van der Waals surface area (Å²) >= 11 is 0. The molecule has 2 rings (SSSR count). The number of ether oxygens (including phenoxy) is 1. The summed E-state index contributed by atoms with van der Waals surface area (Å²) in [5.41, 5.74) is 5.86. The third-order valence-corrected chi connectivity index (χ3v) is 3.04. The molecule has 1 aliphatic rings. The van der Waals surface area contributed by atoms with Gasteiger partial charge < -0.3 is 10.5 Å². The van der Waals surface area contributed by atoms with E-state index in [1.54, 1.807) is 6.26 Å². The second-order valence-electron chi connectivity index (χ2n) is 4.44. The summed E-state index contributed by atoms with van der Waals surface area (Å²) in [6.07, 6.45) is 6.04. The summed E-state index contributed by atoms with van der Waals surface area (Å²) in [5.74, 6) is 0.879. The van der Waals surface area contributed by atoms with Crippen molar-refractivity contribution in [1.29, 1.82) is 0 Å². The minimum atomic E-state index is 0.399. The van der Waals surface area contributed by atoms with Crippen LogP contribution in [0.5, 0.6) is 5.75 Å². The molecule has 1 heterocycles. The molecular weight excluding hydrogens is 212 g/mol. The lowest BCUT2D eigenvalue weighted by Crippen LogP contribution is -2.39. The molecule has 1 aromatic carbocycles. The molecule has 0 unspecified atom stereocenters. The minimum Gasteiger partial charge on any atom is -0.465 e. The van der Waals surface area contributed by atoms with Crippen molar-refractivity contribution in [2.24, 2.45) is 5.73 Å². The topological polar surface area (TPSA) is 38.5 Å². The van der Waals surface area contributed by atoms with Gasteiger partial charge in [0.25, 0.3) is 0 Å². The Balaban J connectivity index is 1.68. The van der Waals surface area contributed by atoms with E-state index < -0.39 is 0 Å². The van der Waals surface area contributed by atoms with Crippen molar-refractivity contribution in [3.63, 3.8) is 0 Å². The highest BCUT2D eigenvalue weighted by molar-refractivity contribution is 5.21. The van der Waals surface area contributed by atoms with Gasteiger partial charge in [-0.3, -0.25) is 4.90 Å². The first-order chi connectivity index (χ1) is 8.34. The van der Waals surface area contributed by atoms with Gasteiger partial charge >= 0.3 is 0 Å². The molecule has 17 heavy (non-hydrogen) atoms. The van der Waals surface area contributed by atoms with E-state index in [9.17, 15) is 0 Å². The standard InChI is InChI=1S/C14H20N2O/c15-13-7-10-16(11-8-13)9-4-12-17-14-5-2-1-3-6-14/h1-6,12-13H,7-11,15H2. The number of nitrogens with zero attached hydrogens (tertiary/aromatic N) is 1. The molecule has 0 atom stereocenters. The maximum atomic E-state index is 5.86. The van der Waals surface area contributed by atoms with Gasteiger partial charge in [-0.2, -0.15) is 0 Å². The molecule has 0 amide bonds. The number of benzene rings is 1. The Labute approximate surface area is 103 Å². The fourth-order valence-corrected chi connectivity index (χ4v) is 1.95. The molecule has 1 aliphatic heterocycles. The molecule has 0 aliphatic carbocycles. The van der Waals surface area contributed by atoms with Crippen molar-refractivity contribution in [2.75, 3.05) is 19.6 Å². The lowest BCUT2D eigenvalue weighted by atomic mass is 10.1. The Morgan fingerprint density at radius 1 is 1.24 bits per heavy atom. The first kappa shape index (κ1) is 12.1. The van der Waals surface area contributed by atoms with Gasteiger partial charge in [-0.25, -0.2) is 0 Å². The Hall–Kier alpha value is -1.32. The van der Waals surface area contributed by atoms with Crippen LogP contribution in [0, 0.1) is 0 Å². The van der Waals surface area contributed by atoms with Gasteiger partial charge in [0.1, 0.15) is 5.75 Å². The van der Waals surface area contributed by atoms with Crippen molar-refractivity contribution in [3.05, 3.63) is 42.7 Å².